The third-order valence-corrected chi connectivity index (χ3v) is 5.14. The lowest BCUT2D eigenvalue weighted by atomic mass is 10.1. The zero-order chi connectivity index (χ0) is 21.7. The summed E-state index contributed by atoms with van der Waals surface area (Å²) in [4.78, 5) is 26.9. The van der Waals surface area contributed by atoms with Crippen LogP contribution in [0.25, 0.3) is 0 Å². The molecule has 0 atom stereocenters. The van der Waals surface area contributed by atoms with Gasteiger partial charge in [-0.1, -0.05) is 45.9 Å². The molecular formula is C22H32N6O2. The lowest BCUT2D eigenvalue weighted by Crippen LogP contribution is -2.47. The molecular weight excluding hydrogens is 380 g/mol. The molecule has 1 aromatic heterocycles. The lowest BCUT2D eigenvalue weighted by Gasteiger charge is -2.36. The fraction of sp³-hybridized carbons (Fsp3) is 0.545. The van der Waals surface area contributed by atoms with E-state index >= 15 is 0 Å². The standard InChI is InChI=1S/C22H32N6O2/c1-17(2)14-27(15-18(3)4)22-20(28(29)30)21(23-16-24-22)26-12-10-25(11-13-26)19-8-6-5-7-9-19/h5-9,16-18H,10-15H2,1-4H3. The number of nitro groups is 1. The number of aromatic nitrogens is 2. The topological polar surface area (TPSA) is 78.6 Å². The Balaban J connectivity index is 1.87. The fourth-order valence-electron chi connectivity index (χ4n) is 3.93. The van der Waals surface area contributed by atoms with Gasteiger partial charge in [-0.2, -0.15) is 0 Å². The number of benzene rings is 1. The highest BCUT2D eigenvalue weighted by Crippen LogP contribution is 2.35. The predicted molar refractivity (Wildman–Crippen MR) is 121 cm³/mol. The maximum absolute atomic E-state index is 12.1. The Labute approximate surface area is 178 Å². The maximum atomic E-state index is 12.1. The molecule has 0 radical (unpaired) electrons. The summed E-state index contributed by atoms with van der Waals surface area (Å²) in [5.41, 5.74) is 1.20. The molecule has 2 aromatic rings. The van der Waals surface area contributed by atoms with Crippen LogP contribution in [0.15, 0.2) is 36.7 Å². The van der Waals surface area contributed by atoms with Crippen molar-refractivity contribution in [1.29, 1.82) is 0 Å². The maximum Gasteiger partial charge on any atom is 0.353 e. The van der Waals surface area contributed by atoms with Gasteiger partial charge < -0.3 is 14.7 Å². The number of rotatable bonds is 8. The minimum absolute atomic E-state index is 0.0203. The second kappa shape index (κ2) is 9.73. The van der Waals surface area contributed by atoms with Crippen LogP contribution in [0.4, 0.5) is 23.0 Å². The summed E-state index contributed by atoms with van der Waals surface area (Å²) in [6, 6.07) is 10.3. The number of nitrogens with zero attached hydrogens (tertiary/aromatic N) is 6. The van der Waals surface area contributed by atoms with Crippen molar-refractivity contribution < 1.29 is 4.92 Å². The van der Waals surface area contributed by atoms with Gasteiger partial charge in [-0.05, 0) is 24.0 Å². The van der Waals surface area contributed by atoms with Crippen molar-refractivity contribution in [2.45, 2.75) is 27.7 Å². The minimum Gasteiger partial charge on any atom is -0.368 e. The molecule has 0 aliphatic carbocycles. The Morgan fingerprint density at radius 2 is 1.53 bits per heavy atom. The molecule has 1 aromatic carbocycles. The molecule has 0 bridgehead atoms. The Hall–Kier alpha value is -2.90. The average molecular weight is 413 g/mol. The zero-order valence-electron chi connectivity index (χ0n) is 18.4. The van der Waals surface area contributed by atoms with Crippen LogP contribution in [0.2, 0.25) is 0 Å². The Bertz CT molecular complexity index is 825. The molecule has 30 heavy (non-hydrogen) atoms. The number of para-hydroxylation sites is 1. The third kappa shape index (κ3) is 5.17. The highest BCUT2D eigenvalue weighted by atomic mass is 16.6. The molecule has 162 valence electrons. The number of hydrogen-bond donors (Lipinski definition) is 0. The summed E-state index contributed by atoms with van der Waals surface area (Å²) in [6.45, 7) is 12.8. The SMILES string of the molecule is CC(C)CN(CC(C)C)c1ncnc(N2CCN(c3ccccc3)CC2)c1[N+](=O)[O-]. The highest BCUT2D eigenvalue weighted by Gasteiger charge is 2.32. The molecule has 1 aliphatic rings. The van der Waals surface area contributed by atoms with Crippen LogP contribution in [0.3, 0.4) is 0 Å². The van der Waals surface area contributed by atoms with Crippen LogP contribution in [0, 0.1) is 22.0 Å². The zero-order valence-corrected chi connectivity index (χ0v) is 18.4. The Kier molecular flexibility index (Phi) is 7.07. The van der Waals surface area contributed by atoms with Crippen LogP contribution in [0.5, 0.6) is 0 Å². The van der Waals surface area contributed by atoms with Gasteiger partial charge in [0, 0.05) is 45.0 Å². The van der Waals surface area contributed by atoms with Crippen LogP contribution in [-0.2, 0) is 0 Å². The van der Waals surface area contributed by atoms with E-state index < -0.39 is 0 Å². The molecule has 0 saturated carbocycles. The van der Waals surface area contributed by atoms with Gasteiger partial charge in [-0.25, -0.2) is 9.97 Å². The second-order valence-electron chi connectivity index (χ2n) is 8.63. The van der Waals surface area contributed by atoms with E-state index in [4.69, 9.17) is 0 Å². The first-order chi connectivity index (χ1) is 14.4. The molecule has 0 N–H and O–H groups in total. The van der Waals surface area contributed by atoms with Crippen molar-refractivity contribution in [3.63, 3.8) is 0 Å². The normalized spacial score (nSPS) is 14.5. The van der Waals surface area contributed by atoms with Crippen LogP contribution < -0.4 is 14.7 Å². The summed E-state index contributed by atoms with van der Waals surface area (Å²) >= 11 is 0. The summed E-state index contributed by atoms with van der Waals surface area (Å²) in [5, 5.41) is 12.1. The van der Waals surface area contributed by atoms with Crippen molar-refractivity contribution in [1.82, 2.24) is 9.97 Å². The van der Waals surface area contributed by atoms with Gasteiger partial charge in [0.05, 0.1) is 4.92 Å². The molecule has 3 rings (SSSR count). The first-order valence-electron chi connectivity index (χ1n) is 10.7. The molecule has 1 aliphatic heterocycles. The van der Waals surface area contributed by atoms with E-state index in [-0.39, 0.29) is 10.6 Å². The quantitative estimate of drug-likeness (QED) is 0.481. The number of piperazine rings is 1. The molecule has 8 heteroatoms. The van der Waals surface area contributed by atoms with Crippen LogP contribution in [-0.4, -0.2) is 54.2 Å². The third-order valence-electron chi connectivity index (χ3n) is 5.14. The second-order valence-corrected chi connectivity index (χ2v) is 8.63. The van der Waals surface area contributed by atoms with E-state index in [2.05, 4.69) is 54.7 Å². The Morgan fingerprint density at radius 1 is 0.967 bits per heavy atom. The summed E-state index contributed by atoms with van der Waals surface area (Å²) in [5.74, 6) is 1.60. The summed E-state index contributed by atoms with van der Waals surface area (Å²) < 4.78 is 0. The van der Waals surface area contributed by atoms with Gasteiger partial charge in [0.1, 0.15) is 6.33 Å². The van der Waals surface area contributed by atoms with E-state index in [1.165, 1.54) is 12.0 Å². The van der Waals surface area contributed by atoms with E-state index in [0.717, 1.165) is 26.2 Å². The van der Waals surface area contributed by atoms with Gasteiger partial charge in [0.2, 0.25) is 11.6 Å². The van der Waals surface area contributed by atoms with Crippen molar-refractivity contribution in [3.05, 3.63) is 46.8 Å². The van der Waals surface area contributed by atoms with Crippen molar-refractivity contribution >= 4 is 23.0 Å². The monoisotopic (exact) mass is 412 g/mol. The van der Waals surface area contributed by atoms with Gasteiger partial charge in [-0.3, -0.25) is 10.1 Å². The van der Waals surface area contributed by atoms with Crippen LogP contribution >= 0.6 is 0 Å². The number of hydrogen-bond acceptors (Lipinski definition) is 7. The van der Waals surface area contributed by atoms with Crippen LogP contribution in [0.1, 0.15) is 27.7 Å². The van der Waals surface area contributed by atoms with Crippen molar-refractivity contribution in [3.8, 4) is 0 Å². The van der Waals surface area contributed by atoms with Gasteiger partial charge in [-0.15, -0.1) is 0 Å². The highest BCUT2D eigenvalue weighted by molar-refractivity contribution is 5.71. The van der Waals surface area contributed by atoms with E-state index in [1.807, 2.05) is 28.0 Å². The molecule has 1 fully saturated rings. The van der Waals surface area contributed by atoms with Crippen molar-refractivity contribution in [2.24, 2.45) is 11.8 Å². The molecule has 8 nitrogen and oxygen atoms in total. The predicted octanol–water partition coefficient (Wildman–Crippen LogP) is 3.83. The minimum atomic E-state index is -0.318. The molecule has 1 saturated heterocycles. The van der Waals surface area contributed by atoms with E-state index in [0.29, 0.717) is 36.6 Å². The van der Waals surface area contributed by atoms with E-state index in [9.17, 15) is 10.1 Å². The lowest BCUT2D eigenvalue weighted by molar-refractivity contribution is -0.383. The largest absolute Gasteiger partial charge is 0.368 e. The summed E-state index contributed by atoms with van der Waals surface area (Å²) in [6.07, 6.45) is 1.47. The molecule has 0 unspecified atom stereocenters. The molecule has 2 heterocycles. The smallest absolute Gasteiger partial charge is 0.353 e. The van der Waals surface area contributed by atoms with Gasteiger partial charge in [0.25, 0.3) is 0 Å². The van der Waals surface area contributed by atoms with Gasteiger partial charge in [0.15, 0.2) is 0 Å². The van der Waals surface area contributed by atoms with Gasteiger partial charge >= 0.3 is 5.69 Å². The van der Waals surface area contributed by atoms with E-state index in [1.54, 1.807) is 0 Å². The fourth-order valence-corrected chi connectivity index (χ4v) is 3.93. The summed E-state index contributed by atoms with van der Waals surface area (Å²) in [7, 11) is 0. The first kappa shape index (κ1) is 21.8. The van der Waals surface area contributed by atoms with Crippen molar-refractivity contribution in [2.75, 3.05) is 54.0 Å². The molecule has 0 amide bonds. The number of anilines is 3. The first-order valence-corrected chi connectivity index (χ1v) is 10.7. The Morgan fingerprint density at radius 3 is 2.07 bits per heavy atom. The average Bonchev–Trinajstić information content (AvgIpc) is 2.73. The molecule has 0 spiro atoms.